The smallest absolute Gasteiger partial charge is 0.122 e. The summed E-state index contributed by atoms with van der Waals surface area (Å²) in [6.07, 6.45) is 8.66. The van der Waals surface area contributed by atoms with Crippen LogP contribution in [-0.4, -0.2) is 59.0 Å². The number of rotatable bonds is 11. The van der Waals surface area contributed by atoms with Crippen LogP contribution >= 0.6 is 0 Å². The SMILES string of the molecule is C=C[Si](C)(C)CCCCCCCC[Si](C)(C)N1CCN(C)CC1. The minimum absolute atomic E-state index is 1.04. The lowest BCUT2D eigenvalue weighted by atomic mass is 10.1. The van der Waals surface area contributed by atoms with E-state index in [2.05, 4.69) is 55.0 Å². The Balaban J connectivity index is 2.04. The maximum Gasteiger partial charge on any atom is 0.122 e. The molecule has 0 radical (unpaired) electrons. The van der Waals surface area contributed by atoms with Crippen molar-refractivity contribution < 1.29 is 0 Å². The zero-order chi connectivity index (χ0) is 17.3. The molecular weight excluding hydrogens is 312 g/mol. The third-order valence-electron chi connectivity index (χ3n) is 5.77. The number of unbranched alkanes of at least 4 members (excludes halogenated alkanes) is 5. The summed E-state index contributed by atoms with van der Waals surface area (Å²) >= 11 is 0. The predicted octanol–water partition coefficient (Wildman–Crippen LogP) is 5.21. The highest BCUT2D eigenvalue weighted by Crippen LogP contribution is 2.22. The molecule has 0 spiro atoms. The van der Waals surface area contributed by atoms with Gasteiger partial charge in [0, 0.05) is 26.2 Å². The Morgan fingerprint density at radius 2 is 1.26 bits per heavy atom. The van der Waals surface area contributed by atoms with Gasteiger partial charge in [0.05, 0.1) is 8.07 Å². The Labute approximate surface area is 148 Å². The molecule has 0 aromatic carbocycles. The molecule has 4 heteroatoms. The quantitative estimate of drug-likeness (QED) is 0.371. The second kappa shape index (κ2) is 10.2. The monoisotopic (exact) mass is 354 g/mol. The molecule has 0 aromatic heterocycles. The van der Waals surface area contributed by atoms with Gasteiger partial charge in [-0.3, -0.25) is 0 Å². The average molecular weight is 355 g/mol. The standard InChI is InChI=1S/C19H42N2Si2/c1-7-22(3,4)18-12-10-8-9-11-13-19-23(5,6)21-16-14-20(2)15-17-21/h7H,1,8-19H2,2-6H3. The van der Waals surface area contributed by atoms with Crippen LogP contribution in [0.5, 0.6) is 0 Å². The first-order valence-electron chi connectivity index (χ1n) is 9.84. The lowest BCUT2D eigenvalue weighted by Crippen LogP contribution is -2.56. The van der Waals surface area contributed by atoms with E-state index in [1.165, 1.54) is 76.8 Å². The van der Waals surface area contributed by atoms with Crippen LogP contribution in [0.15, 0.2) is 12.3 Å². The van der Waals surface area contributed by atoms with Gasteiger partial charge in [-0.15, -0.1) is 12.3 Å². The highest BCUT2D eigenvalue weighted by Gasteiger charge is 2.30. The van der Waals surface area contributed by atoms with Gasteiger partial charge in [0.2, 0.25) is 0 Å². The molecule has 0 aromatic rings. The number of likely N-dealkylation sites (N-methyl/N-ethyl adjacent to an activating group) is 1. The summed E-state index contributed by atoms with van der Waals surface area (Å²) in [6, 6.07) is 2.92. The van der Waals surface area contributed by atoms with Crippen molar-refractivity contribution in [1.29, 1.82) is 0 Å². The fourth-order valence-corrected chi connectivity index (χ4v) is 7.72. The largest absolute Gasteiger partial charge is 0.321 e. The molecule has 0 amide bonds. The summed E-state index contributed by atoms with van der Waals surface area (Å²) in [5, 5.41) is 0. The van der Waals surface area contributed by atoms with Crippen molar-refractivity contribution in [1.82, 2.24) is 9.47 Å². The van der Waals surface area contributed by atoms with Gasteiger partial charge in [0.1, 0.15) is 8.24 Å². The van der Waals surface area contributed by atoms with Crippen molar-refractivity contribution in [3.8, 4) is 0 Å². The third-order valence-corrected chi connectivity index (χ3v) is 12.3. The normalized spacial score (nSPS) is 18.3. The fraction of sp³-hybridized carbons (Fsp3) is 0.895. The molecule has 0 unspecified atom stereocenters. The number of piperazine rings is 1. The van der Waals surface area contributed by atoms with Crippen molar-refractivity contribution in [3.05, 3.63) is 12.3 Å². The van der Waals surface area contributed by atoms with Gasteiger partial charge >= 0.3 is 0 Å². The first kappa shape index (κ1) is 21.1. The average Bonchev–Trinajstić information content (AvgIpc) is 2.50. The van der Waals surface area contributed by atoms with E-state index >= 15 is 0 Å². The minimum atomic E-state index is -1.14. The van der Waals surface area contributed by atoms with Crippen LogP contribution < -0.4 is 0 Å². The van der Waals surface area contributed by atoms with Crippen LogP contribution in [0.25, 0.3) is 0 Å². The van der Waals surface area contributed by atoms with E-state index in [9.17, 15) is 0 Å². The van der Waals surface area contributed by atoms with Crippen LogP contribution in [0.3, 0.4) is 0 Å². The second-order valence-corrected chi connectivity index (χ2v) is 18.6. The van der Waals surface area contributed by atoms with E-state index in [-0.39, 0.29) is 0 Å². The summed E-state index contributed by atoms with van der Waals surface area (Å²) in [6.45, 7) is 19.2. The van der Waals surface area contributed by atoms with Gasteiger partial charge < -0.3 is 9.47 Å². The molecule has 1 saturated heterocycles. The Morgan fingerprint density at radius 3 is 1.78 bits per heavy atom. The van der Waals surface area contributed by atoms with E-state index in [1.807, 2.05) is 0 Å². The molecular formula is C19H42N2Si2. The number of hydrogen-bond acceptors (Lipinski definition) is 2. The van der Waals surface area contributed by atoms with Crippen molar-refractivity contribution in [2.24, 2.45) is 0 Å². The first-order valence-corrected chi connectivity index (χ1v) is 16.3. The van der Waals surface area contributed by atoms with E-state index < -0.39 is 16.3 Å². The molecule has 1 aliphatic rings. The van der Waals surface area contributed by atoms with Crippen molar-refractivity contribution >= 4 is 16.3 Å². The summed E-state index contributed by atoms with van der Waals surface area (Å²) in [5.41, 5.74) is 2.25. The minimum Gasteiger partial charge on any atom is -0.321 e. The molecule has 0 atom stereocenters. The van der Waals surface area contributed by atoms with E-state index in [1.54, 1.807) is 0 Å². The maximum atomic E-state index is 4.00. The van der Waals surface area contributed by atoms with E-state index in [0.29, 0.717) is 0 Å². The molecule has 2 nitrogen and oxygen atoms in total. The van der Waals surface area contributed by atoms with Crippen molar-refractivity contribution in [3.63, 3.8) is 0 Å². The molecule has 1 rings (SSSR count). The lowest BCUT2D eigenvalue weighted by Gasteiger charge is -2.42. The maximum absolute atomic E-state index is 4.00. The van der Waals surface area contributed by atoms with Gasteiger partial charge in [-0.05, 0) is 13.1 Å². The highest BCUT2D eigenvalue weighted by molar-refractivity contribution is 6.82. The molecule has 0 saturated carbocycles. The Hall–Kier alpha value is 0.0938. The van der Waals surface area contributed by atoms with Crippen LogP contribution in [0.4, 0.5) is 0 Å². The second-order valence-electron chi connectivity index (χ2n) is 8.92. The molecule has 0 aliphatic carbocycles. The van der Waals surface area contributed by atoms with E-state index in [4.69, 9.17) is 0 Å². The summed E-state index contributed by atoms with van der Waals surface area (Å²) in [7, 11) is 0.0772. The summed E-state index contributed by atoms with van der Waals surface area (Å²) in [5.74, 6) is 0. The predicted molar refractivity (Wildman–Crippen MR) is 112 cm³/mol. The topological polar surface area (TPSA) is 6.48 Å². The zero-order valence-electron chi connectivity index (χ0n) is 16.7. The third kappa shape index (κ3) is 8.66. The molecule has 0 bridgehead atoms. The van der Waals surface area contributed by atoms with E-state index in [0.717, 1.165) is 0 Å². The summed E-state index contributed by atoms with van der Waals surface area (Å²) < 4.78 is 2.84. The Kier molecular flexibility index (Phi) is 9.34. The number of hydrogen-bond donors (Lipinski definition) is 0. The van der Waals surface area contributed by atoms with Crippen LogP contribution in [0.1, 0.15) is 38.5 Å². The van der Waals surface area contributed by atoms with Gasteiger partial charge in [0.25, 0.3) is 0 Å². The molecule has 1 fully saturated rings. The van der Waals surface area contributed by atoms with Gasteiger partial charge in [0.15, 0.2) is 0 Å². The molecule has 1 aliphatic heterocycles. The fourth-order valence-electron chi connectivity index (χ4n) is 3.52. The van der Waals surface area contributed by atoms with Gasteiger partial charge in [-0.2, -0.15) is 0 Å². The molecule has 0 N–H and O–H groups in total. The Bertz CT molecular complexity index is 334. The molecule has 136 valence electrons. The van der Waals surface area contributed by atoms with Crippen molar-refractivity contribution in [2.45, 2.75) is 76.8 Å². The summed E-state index contributed by atoms with van der Waals surface area (Å²) in [4.78, 5) is 2.47. The van der Waals surface area contributed by atoms with Gasteiger partial charge in [-0.25, -0.2) is 0 Å². The van der Waals surface area contributed by atoms with Crippen LogP contribution in [0, 0.1) is 0 Å². The molecule has 23 heavy (non-hydrogen) atoms. The van der Waals surface area contributed by atoms with Crippen LogP contribution in [0.2, 0.25) is 38.3 Å². The van der Waals surface area contributed by atoms with Crippen LogP contribution in [-0.2, 0) is 0 Å². The zero-order valence-corrected chi connectivity index (χ0v) is 18.7. The molecule has 1 heterocycles. The first-order chi connectivity index (χ1) is 10.8. The number of nitrogens with zero attached hydrogens (tertiary/aromatic N) is 2. The highest BCUT2D eigenvalue weighted by atomic mass is 28.3. The lowest BCUT2D eigenvalue weighted by molar-refractivity contribution is 0.216. The van der Waals surface area contributed by atoms with Gasteiger partial charge in [-0.1, -0.05) is 70.8 Å². The van der Waals surface area contributed by atoms with Crippen molar-refractivity contribution in [2.75, 3.05) is 33.2 Å². The Morgan fingerprint density at radius 1 is 0.783 bits per heavy atom.